The number of rotatable bonds is 5. The van der Waals surface area contributed by atoms with Crippen LogP contribution in [-0.4, -0.2) is 80.5 Å². The van der Waals surface area contributed by atoms with Crippen LogP contribution in [0.25, 0.3) is 0 Å². The fraction of sp³-hybridized carbons (Fsp3) is 1.00. The predicted molar refractivity (Wildman–Crippen MR) is 67.9 cm³/mol. The van der Waals surface area contributed by atoms with Crippen LogP contribution in [0.4, 0.5) is 0 Å². The maximum Gasteiger partial charge on any atom is 0.214 e. The molecule has 0 aliphatic carbocycles. The van der Waals surface area contributed by atoms with Crippen LogP contribution in [0.2, 0.25) is 0 Å². The Morgan fingerprint density at radius 2 is 1.94 bits per heavy atom. The van der Waals surface area contributed by atoms with Crippen LogP contribution in [0.3, 0.4) is 0 Å². The maximum atomic E-state index is 12.0. The highest BCUT2D eigenvalue weighted by Gasteiger charge is 2.34. The molecule has 0 aromatic rings. The second-order valence-electron chi connectivity index (χ2n) is 4.84. The fourth-order valence-corrected chi connectivity index (χ4v) is 4.11. The average Bonchev–Trinajstić information content (AvgIpc) is 2.88. The monoisotopic (exact) mass is 278 g/mol. The van der Waals surface area contributed by atoms with Gasteiger partial charge in [-0.3, -0.25) is 4.90 Å². The van der Waals surface area contributed by atoms with Gasteiger partial charge in [0.1, 0.15) is 0 Å². The Balaban J connectivity index is 1.87. The number of morpholine rings is 1. The lowest BCUT2D eigenvalue weighted by Crippen LogP contribution is -2.45. The van der Waals surface area contributed by atoms with Crippen molar-refractivity contribution in [1.82, 2.24) is 9.21 Å². The minimum Gasteiger partial charge on any atom is -0.396 e. The van der Waals surface area contributed by atoms with Crippen molar-refractivity contribution < 1.29 is 18.3 Å². The molecule has 2 rings (SSSR count). The number of ether oxygens (including phenoxy) is 1. The van der Waals surface area contributed by atoms with E-state index in [1.54, 1.807) is 4.31 Å². The zero-order chi connectivity index (χ0) is 13.0. The van der Waals surface area contributed by atoms with Crippen LogP contribution in [-0.2, 0) is 14.8 Å². The number of nitrogens with zero attached hydrogens (tertiary/aromatic N) is 2. The average molecular weight is 278 g/mol. The van der Waals surface area contributed by atoms with Crippen molar-refractivity contribution in [3.63, 3.8) is 0 Å². The highest BCUT2D eigenvalue weighted by molar-refractivity contribution is 7.89. The summed E-state index contributed by atoms with van der Waals surface area (Å²) in [4.78, 5) is 2.32. The molecular formula is C11H22N2O4S. The van der Waals surface area contributed by atoms with E-state index in [-0.39, 0.29) is 12.4 Å². The maximum absolute atomic E-state index is 12.0. The Morgan fingerprint density at radius 3 is 2.61 bits per heavy atom. The number of hydrogen-bond donors (Lipinski definition) is 1. The van der Waals surface area contributed by atoms with Gasteiger partial charge in [0.05, 0.1) is 19.0 Å². The normalized spacial score (nSPS) is 27.7. The van der Waals surface area contributed by atoms with Crippen molar-refractivity contribution in [3.8, 4) is 0 Å². The lowest BCUT2D eigenvalue weighted by atomic mass is 10.2. The summed E-state index contributed by atoms with van der Waals surface area (Å²) in [6, 6.07) is 0.331. The van der Waals surface area contributed by atoms with Crippen LogP contribution < -0.4 is 0 Å². The van der Waals surface area contributed by atoms with Crippen molar-refractivity contribution in [2.75, 3.05) is 51.8 Å². The Hall–Kier alpha value is -0.210. The zero-order valence-electron chi connectivity index (χ0n) is 10.6. The van der Waals surface area contributed by atoms with E-state index in [0.717, 1.165) is 32.7 Å². The van der Waals surface area contributed by atoms with Gasteiger partial charge in [0.25, 0.3) is 0 Å². The van der Waals surface area contributed by atoms with Gasteiger partial charge >= 0.3 is 0 Å². The Kier molecular flexibility index (Phi) is 4.97. The molecule has 0 saturated carbocycles. The van der Waals surface area contributed by atoms with Crippen molar-refractivity contribution >= 4 is 10.0 Å². The summed E-state index contributed by atoms with van der Waals surface area (Å²) in [6.07, 6.45) is 1.22. The molecule has 0 spiro atoms. The molecule has 0 aromatic heterocycles. The van der Waals surface area contributed by atoms with Crippen LogP contribution in [0.1, 0.15) is 12.8 Å². The van der Waals surface area contributed by atoms with E-state index < -0.39 is 10.0 Å². The summed E-state index contributed by atoms with van der Waals surface area (Å²) in [5, 5.41) is 8.72. The third kappa shape index (κ3) is 3.42. The van der Waals surface area contributed by atoms with Crippen molar-refractivity contribution in [2.24, 2.45) is 0 Å². The van der Waals surface area contributed by atoms with Gasteiger partial charge in [0.15, 0.2) is 0 Å². The quantitative estimate of drug-likeness (QED) is 0.706. The van der Waals surface area contributed by atoms with Crippen LogP contribution in [0, 0.1) is 0 Å². The predicted octanol–water partition coefficient (Wildman–Crippen LogP) is -0.895. The molecule has 2 heterocycles. The SMILES string of the molecule is O=S(=O)(CCCO)N1CCC(N2CCOCC2)C1. The molecule has 6 nitrogen and oxygen atoms in total. The highest BCUT2D eigenvalue weighted by Crippen LogP contribution is 2.20. The van der Waals surface area contributed by atoms with Gasteiger partial charge in [-0.1, -0.05) is 0 Å². The summed E-state index contributed by atoms with van der Waals surface area (Å²) in [5.41, 5.74) is 0. The highest BCUT2D eigenvalue weighted by atomic mass is 32.2. The first-order chi connectivity index (χ1) is 8.63. The van der Waals surface area contributed by atoms with Gasteiger partial charge in [-0.25, -0.2) is 12.7 Å². The Labute approximate surface area is 109 Å². The standard InChI is InChI=1S/C11H22N2O4S/c14-6-1-9-18(15,16)13-3-2-11(10-13)12-4-7-17-8-5-12/h11,14H,1-10H2. The van der Waals surface area contributed by atoms with E-state index >= 15 is 0 Å². The van der Waals surface area contributed by atoms with E-state index in [2.05, 4.69) is 4.90 Å². The number of hydrogen-bond acceptors (Lipinski definition) is 5. The van der Waals surface area contributed by atoms with Crippen LogP contribution in [0.15, 0.2) is 0 Å². The molecule has 1 atom stereocenters. The molecule has 2 aliphatic rings. The zero-order valence-corrected chi connectivity index (χ0v) is 11.4. The van der Waals surface area contributed by atoms with Crippen molar-refractivity contribution in [3.05, 3.63) is 0 Å². The van der Waals surface area contributed by atoms with E-state index in [4.69, 9.17) is 9.84 Å². The number of sulfonamides is 1. The van der Waals surface area contributed by atoms with E-state index in [9.17, 15) is 8.42 Å². The second-order valence-corrected chi connectivity index (χ2v) is 6.93. The minimum absolute atomic E-state index is 0.0549. The first-order valence-corrected chi connectivity index (χ1v) is 8.15. The summed E-state index contributed by atoms with van der Waals surface area (Å²) in [5.74, 6) is 0.0549. The molecule has 0 aromatic carbocycles. The Morgan fingerprint density at radius 1 is 1.22 bits per heavy atom. The van der Waals surface area contributed by atoms with Gasteiger partial charge in [-0.2, -0.15) is 0 Å². The molecule has 1 N–H and O–H groups in total. The number of aliphatic hydroxyl groups excluding tert-OH is 1. The summed E-state index contributed by atoms with van der Waals surface area (Å²) in [6.45, 7) is 4.41. The molecule has 0 radical (unpaired) electrons. The van der Waals surface area contributed by atoms with Gasteiger partial charge < -0.3 is 9.84 Å². The van der Waals surface area contributed by atoms with E-state index in [0.29, 0.717) is 25.6 Å². The van der Waals surface area contributed by atoms with Crippen molar-refractivity contribution in [1.29, 1.82) is 0 Å². The topological polar surface area (TPSA) is 70.1 Å². The molecule has 7 heteroatoms. The smallest absolute Gasteiger partial charge is 0.214 e. The van der Waals surface area contributed by atoms with E-state index in [1.807, 2.05) is 0 Å². The summed E-state index contributed by atoms with van der Waals surface area (Å²) < 4.78 is 30.9. The fourth-order valence-electron chi connectivity index (χ4n) is 2.58. The van der Waals surface area contributed by atoms with E-state index in [1.165, 1.54) is 0 Å². The summed E-state index contributed by atoms with van der Waals surface area (Å²) >= 11 is 0. The molecule has 0 bridgehead atoms. The summed E-state index contributed by atoms with van der Waals surface area (Å²) in [7, 11) is -3.18. The third-order valence-electron chi connectivity index (χ3n) is 3.64. The molecule has 1 unspecified atom stereocenters. The van der Waals surface area contributed by atoms with Crippen LogP contribution in [0.5, 0.6) is 0 Å². The van der Waals surface area contributed by atoms with Gasteiger partial charge in [0, 0.05) is 38.8 Å². The molecular weight excluding hydrogens is 256 g/mol. The molecule has 0 amide bonds. The molecule has 2 fully saturated rings. The van der Waals surface area contributed by atoms with Gasteiger partial charge in [0.2, 0.25) is 10.0 Å². The third-order valence-corrected chi connectivity index (χ3v) is 5.56. The Bertz CT molecular complexity index is 354. The van der Waals surface area contributed by atoms with Gasteiger partial charge in [-0.05, 0) is 12.8 Å². The minimum atomic E-state index is -3.18. The molecule has 2 aliphatic heterocycles. The molecule has 2 saturated heterocycles. The van der Waals surface area contributed by atoms with Crippen LogP contribution >= 0.6 is 0 Å². The molecule has 18 heavy (non-hydrogen) atoms. The largest absolute Gasteiger partial charge is 0.396 e. The second kappa shape index (κ2) is 6.29. The molecule has 106 valence electrons. The first-order valence-electron chi connectivity index (χ1n) is 6.54. The lowest BCUT2D eigenvalue weighted by molar-refractivity contribution is 0.0197. The first kappa shape index (κ1) is 14.2. The van der Waals surface area contributed by atoms with Gasteiger partial charge in [-0.15, -0.1) is 0 Å². The van der Waals surface area contributed by atoms with Crippen molar-refractivity contribution in [2.45, 2.75) is 18.9 Å². The number of aliphatic hydroxyl groups is 1. The lowest BCUT2D eigenvalue weighted by Gasteiger charge is -2.32.